The first-order valence-electron chi connectivity index (χ1n) is 7.15. The van der Waals surface area contributed by atoms with Crippen LogP contribution < -0.4 is 0 Å². The van der Waals surface area contributed by atoms with Crippen LogP contribution >= 0.6 is 0 Å². The Morgan fingerprint density at radius 3 is 2.22 bits per heavy atom. The molecule has 0 bridgehead atoms. The van der Waals surface area contributed by atoms with E-state index in [2.05, 4.69) is 0 Å². The fourth-order valence-electron chi connectivity index (χ4n) is 2.69. The lowest BCUT2D eigenvalue weighted by Gasteiger charge is -2.28. The summed E-state index contributed by atoms with van der Waals surface area (Å²) in [7, 11) is -7.17. The smallest absolute Gasteiger partial charge is 0.224 e. The quantitative estimate of drug-likeness (QED) is 0.846. The first-order chi connectivity index (χ1) is 10.8. The Balaban J connectivity index is 1.97. The molecule has 1 aliphatic heterocycles. The molecule has 7 heteroatoms. The fourth-order valence-corrected chi connectivity index (χ4v) is 4.90. The van der Waals surface area contributed by atoms with Crippen molar-refractivity contribution in [3.8, 4) is 0 Å². The molecule has 0 saturated heterocycles. The monoisotopic (exact) mass is 351 g/mol. The lowest BCUT2D eigenvalue weighted by molar-refractivity contribution is 0.391. The SMILES string of the molecule is CS(=O)(=O)c1cccc(S(=O)(=O)N2CCc3ccccc3C2)c1. The Kier molecular flexibility index (Phi) is 4.03. The molecular weight excluding hydrogens is 334 g/mol. The third-order valence-corrected chi connectivity index (χ3v) is 6.92. The predicted octanol–water partition coefficient (Wildman–Crippen LogP) is 1.84. The zero-order valence-electron chi connectivity index (χ0n) is 12.6. The number of hydrogen-bond acceptors (Lipinski definition) is 4. The maximum absolute atomic E-state index is 12.8. The summed E-state index contributed by atoms with van der Waals surface area (Å²) in [6.45, 7) is 0.698. The fraction of sp³-hybridized carbons (Fsp3) is 0.250. The highest BCUT2D eigenvalue weighted by molar-refractivity contribution is 7.91. The molecule has 0 atom stereocenters. The normalized spacial score (nSPS) is 16.0. The summed E-state index contributed by atoms with van der Waals surface area (Å²) in [5, 5.41) is 0. The van der Waals surface area contributed by atoms with Crippen LogP contribution in [-0.2, 0) is 32.8 Å². The molecule has 1 aliphatic rings. The van der Waals surface area contributed by atoms with Gasteiger partial charge in [0.1, 0.15) is 0 Å². The number of hydrogen-bond donors (Lipinski definition) is 0. The van der Waals surface area contributed by atoms with Crippen molar-refractivity contribution in [3.05, 3.63) is 59.7 Å². The van der Waals surface area contributed by atoms with Gasteiger partial charge in [-0.25, -0.2) is 16.8 Å². The van der Waals surface area contributed by atoms with E-state index in [1.54, 1.807) is 0 Å². The second-order valence-corrected chi connectivity index (χ2v) is 9.56. The third kappa shape index (κ3) is 3.17. The highest BCUT2D eigenvalue weighted by Gasteiger charge is 2.28. The van der Waals surface area contributed by atoms with Gasteiger partial charge in [0, 0.05) is 19.3 Å². The van der Waals surface area contributed by atoms with Gasteiger partial charge in [-0.3, -0.25) is 0 Å². The van der Waals surface area contributed by atoms with E-state index in [1.165, 1.54) is 28.6 Å². The molecule has 0 unspecified atom stereocenters. The van der Waals surface area contributed by atoms with Crippen LogP contribution in [0.15, 0.2) is 58.3 Å². The van der Waals surface area contributed by atoms with Crippen LogP contribution in [0.3, 0.4) is 0 Å². The Hall–Kier alpha value is -1.70. The van der Waals surface area contributed by atoms with Crippen molar-refractivity contribution in [1.82, 2.24) is 4.31 Å². The highest BCUT2D eigenvalue weighted by Crippen LogP contribution is 2.26. The van der Waals surface area contributed by atoms with Crippen molar-refractivity contribution in [1.29, 1.82) is 0 Å². The van der Waals surface area contributed by atoms with Gasteiger partial charge in [0.25, 0.3) is 0 Å². The molecule has 0 fully saturated rings. The molecule has 2 aromatic carbocycles. The zero-order chi connectivity index (χ0) is 16.7. The van der Waals surface area contributed by atoms with Crippen LogP contribution in [0.1, 0.15) is 11.1 Å². The van der Waals surface area contributed by atoms with E-state index < -0.39 is 19.9 Å². The minimum atomic E-state index is -3.72. The molecule has 0 N–H and O–H groups in total. The van der Waals surface area contributed by atoms with Crippen LogP contribution in [0.4, 0.5) is 0 Å². The van der Waals surface area contributed by atoms with Crippen LogP contribution in [0.5, 0.6) is 0 Å². The summed E-state index contributed by atoms with van der Waals surface area (Å²) in [4.78, 5) is 0.0239. The first kappa shape index (κ1) is 16.2. The third-order valence-electron chi connectivity index (χ3n) is 3.97. The average Bonchev–Trinajstić information content (AvgIpc) is 2.53. The molecule has 3 rings (SSSR count). The predicted molar refractivity (Wildman–Crippen MR) is 87.3 cm³/mol. The van der Waals surface area contributed by atoms with E-state index in [1.807, 2.05) is 24.3 Å². The van der Waals surface area contributed by atoms with Gasteiger partial charge in [-0.05, 0) is 35.7 Å². The Morgan fingerprint density at radius 2 is 1.52 bits per heavy atom. The summed E-state index contributed by atoms with van der Waals surface area (Å²) in [5.74, 6) is 0. The van der Waals surface area contributed by atoms with Crippen LogP contribution in [0, 0.1) is 0 Å². The van der Waals surface area contributed by atoms with Gasteiger partial charge in [0.2, 0.25) is 10.0 Å². The summed E-state index contributed by atoms with van der Waals surface area (Å²) >= 11 is 0. The van der Waals surface area contributed by atoms with Crippen molar-refractivity contribution in [3.63, 3.8) is 0 Å². The molecular formula is C16H17NO4S2. The van der Waals surface area contributed by atoms with E-state index in [-0.39, 0.29) is 9.79 Å². The molecule has 0 aromatic heterocycles. The maximum atomic E-state index is 12.8. The molecule has 23 heavy (non-hydrogen) atoms. The number of rotatable bonds is 3. The molecule has 0 radical (unpaired) electrons. The standard InChI is InChI=1S/C16H17NO4S2/c1-22(18,19)15-7-4-8-16(11-15)23(20,21)17-10-9-13-5-2-3-6-14(13)12-17/h2-8,11H,9-10,12H2,1H3. The van der Waals surface area contributed by atoms with Crippen LogP contribution in [-0.4, -0.2) is 33.9 Å². The second kappa shape index (κ2) is 5.74. The number of nitrogens with zero attached hydrogens (tertiary/aromatic N) is 1. The van der Waals surface area contributed by atoms with Gasteiger partial charge in [-0.15, -0.1) is 0 Å². The number of sulfonamides is 1. The van der Waals surface area contributed by atoms with Gasteiger partial charge in [-0.2, -0.15) is 4.31 Å². The number of fused-ring (bicyclic) bond motifs is 1. The molecule has 0 amide bonds. The summed E-state index contributed by atoms with van der Waals surface area (Å²) < 4.78 is 50.3. The van der Waals surface area contributed by atoms with E-state index in [4.69, 9.17) is 0 Å². The minimum absolute atomic E-state index is 0.0102. The molecule has 122 valence electrons. The topological polar surface area (TPSA) is 71.5 Å². The molecule has 2 aromatic rings. The van der Waals surface area contributed by atoms with Crippen molar-refractivity contribution < 1.29 is 16.8 Å². The van der Waals surface area contributed by atoms with E-state index >= 15 is 0 Å². The largest absolute Gasteiger partial charge is 0.243 e. The van der Waals surface area contributed by atoms with Gasteiger partial charge in [0.05, 0.1) is 9.79 Å². The summed E-state index contributed by atoms with van der Waals surface area (Å²) in [6.07, 6.45) is 1.72. The Morgan fingerprint density at radius 1 is 0.870 bits per heavy atom. The van der Waals surface area contributed by atoms with Gasteiger partial charge < -0.3 is 0 Å². The zero-order valence-corrected chi connectivity index (χ0v) is 14.3. The van der Waals surface area contributed by atoms with Gasteiger partial charge in [0.15, 0.2) is 9.84 Å². The summed E-state index contributed by atoms with van der Waals surface area (Å²) in [5.41, 5.74) is 2.14. The van der Waals surface area contributed by atoms with Crippen molar-refractivity contribution in [2.24, 2.45) is 0 Å². The molecule has 5 nitrogen and oxygen atoms in total. The first-order valence-corrected chi connectivity index (χ1v) is 10.5. The summed E-state index contributed by atoms with van der Waals surface area (Å²) in [6, 6.07) is 13.3. The van der Waals surface area contributed by atoms with Crippen molar-refractivity contribution >= 4 is 19.9 Å². The highest BCUT2D eigenvalue weighted by atomic mass is 32.2. The molecule has 0 saturated carbocycles. The van der Waals surface area contributed by atoms with E-state index in [9.17, 15) is 16.8 Å². The molecule has 1 heterocycles. The Bertz CT molecular complexity index is 950. The van der Waals surface area contributed by atoms with E-state index in [0.717, 1.165) is 17.4 Å². The minimum Gasteiger partial charge on any atom is -0.224 e. The van der Waals surface area contributed by atoms with Crippen molar-refractivity contribution in [2.45, 2.75) is 22.8 Å². The van der Waals surface area contributed by atoms with Gasteiger partial charge >= 0.3 is 0 Å². The van der Waals surface area contributed by atoms with Gasteiger partial charge in [-0.1, -0.05) is 30.3 Å². The van der Waals surface area contributed by atoms with E-state index in [0.29, 0.717) is 19.5 Å². The van der Waals surface area contributed by atoms with Crippen LogP contribution in [0.25, 0.3) is 0 Å². The maximum Gasteiger partial charge on any atom is 0.243 e. The van der Waals surface area contributed by atoms with Crippen LogP contribution in [0.2, 0.25) is 0 Å². The lowest BCUT2D eigenvalue weighted by atomic mass is 10.0. The van der Waals surface area contributed by atoms with Crippen molar-refractivity contribution in [2.75, 3.05) is 12.8 Å². The molecule has 0 spiro atoms. The Labute approximate surface area is 136 Å². The molecule has 0 aliphatic carbocycles. The lowest BCUT2D eigenvalue weighted by Crippen LogP contribution is -2.36. The average molecular weight is 351 g/mol. The second-order valence-electron chi connectivity index (χ2n) is 5.60. The number of sulfone groups is 1. The number of benzene rings is 2.